The van der Waals surface area contributed by atoms with Gasteiger partial charge in [0.2, 0.25) is 0 Å². The van der Waals surface area contributed by atoms with Crippen molar-refractivity contribution in [3.8, 4) is 5.69 Å². The zero-order valence-corrected chi connectivity index (χ0v) is 15.5. The molecule has 3 rings (SSSR count). The van der Waals surface area contributed by atoms with Gasteiger partial charge in [-0.25, -0.2) is 14.5 Å². The van der Waals surface area contributed by atoms with Crippen LogP contribution in [0, 0.1) is 13.8 Å². The van der Waals surface area contributed by atoms with Crippen LogP contribution in [-0.4, -0.2) is 33.2 Å². The first-order valence-corrected chi connectivity index (χ1v) is 8.53. The normalized spacial score (nSPS) is 10.5. The van der Waals surface area contributed by atoms with Crippen LogP contribution in [0.5, 0.6) is 0 Å². The number of carbonyl (C=O) groups is 2. The minimum atomic E-state index is -0.650. The Morgan fingerprint density at radius 3 is 2.56 bits per heavy atom. The van der Waals surface area contributed by atoms with Crippen molar-refractivity contribution in [3.63, 3.8) is 0 Å². The van der Waals surface area contributed by atoms with Gasteiger partial charge in [0.15, 0.2) is 6.61 Å². The van der Waals surface area contributed by atoms with Crippen molar-refractivity contribution in [2.45, 2.75) is 13.8 Å². The fourth-order valence-corrected chi connectivity index (χ4v) is 2.64. The standard InChI is InChI=1S/C19H17ClN4O3/c1-12-18(13(2)24(23-12)15-6-4-3-5-7-15)22-17(25)11-27-19(26)14-8-9-16(20)21-10-14/h3-10H,11H2,1-2H3,(H,22,25). The lowest BCUT2D eigenvalue weighted by molar-refractivity contribution is -0.119. The summed E-state index contributed by atoms with van der Waals surface area (Å²) in [7, 11) is 0. The van der Waals surface area contributed by atoms with Gasteiger partial charge in [-0.15, -0.1) is 0 Å². The molecule has 0 radical (unpaired) electrons. The second kappa shape index (κ2) is 8.01. The third kappa shape index (κ3) is 4.32. The van der Waals surface area contributed by atoms with Crippen LogP contribution in [-0.2, 0) is 9.53 Å². The van der Waals surface area contributed by atoms with Gasteiger partial charge >= 0.3 is 5.97 Å². The molecule has 1 amide bonds. The highest BCUT2D eigenvalue weighted by atomic mass is 35.5. The SMILES string of the molecule is Cc1nn(-c2ccccc2)c(C)c1NC(=O)COC(=O)c1ccc(Cl)nc1. The highest BCUT2D eigenvalue weighted by Crippen LogP contribution is 2.22. The van der Waals surface area contributed by atoms with Gasteiger partial charge in [-0.3, -0.25) is 4.79 Å². The summed E-state index contributed by atoms with van der Waals surface area (Å²) in [5.74, 6) is -1.10. The number of nitrogens with zero attached hydrogens (tertiary/aromatic N) is 3. The van der Waals surface area contributed by atoms with E-state index in [0.29, 0.717) is 11.4 Å². The average molecular weight is 385 g/mol. The van der Waals surface area contributed by atoms with Crippen molar-refractivity contribution in [2.75, 3.05) is 11.9 Å². The zero-order valence-electron chi connectivity index (χ0n) is 14.8. The van der Waals surface area contributed by atoms with Gasteiger partial charge in [-0.1, -0.05) is 29.8 Å². The number of esters is 1. The first kappa shape index (κ1) is 18.6. The summed E-state index contributed by atoms with van der Waals surface area (Å²) in [5.41, 5.74) is 3.14. The number of halogens is 1. The van der Waals surface area contributed by atoms with Crippen LogP contribution in [0.4, 0.5) is 5.69 Å². The topological polar surface area (TPSA) is 86.1 Å². The molecule has 0 saturated carbocycles. The van der Waals surface area contributed by atoms with Crippen LogP contribution in [0.3, 0.4) is 0 Å². The molecule has 1 N–H and O–H groups in total. The molecule has 0 aliphatic rings. The second-order valence-corrected chi connectivity index (χ2v) is 6.17. The average Bonchev–Trinajstić information content (AvgIpc) is 2.95. The number of para-hydroxylation sites is 1. The fourth-order valence-electron chi connectivity index (χ4n) is 2.53. The number of aromatic nitrogens is 3. The number of hydrogen-bond donors (Lipinski definition) is 1. The molecule has 0 unspecified atom stereocenters. The Morgan fingerprint density at radius 1 is 1.15 bits per heavy atom. The molecule has 0 saturated heterocycles. The van der Waals surface area contributed by atoms with Crippen LogP contribution in [0.15, 0.2) is 48.7 Å². The number of pyridine rings is 1. The Labute approximate surface area is 160 Å². The predicted octanol–water partition coefficient (Wildman–Crippen LogP) is 3.33. The van der Waals surface area contributed by atoms with Crippen molar-refractivity contribution in [1.82, 2.24) is 14.8 Å². The van der Waals surface area contributed by atoms with Crippen molar-refractivity contribution in [3.05, 3.63) is 70.8 Å². The van der Waals surface area contributed by atoms with Crippen LogP contribution < -0.4 is 5.32 Å². The summed E-state index contributed by atoms with van der Waals surface area (Å²) in [4.78, 5) is 27.9. The maximum absolute atomic E-state index is 12.2. The number of benzene rings is 1. The molecule has 0 atom stereocenters. The van der Waals surface area contributed by atoms with Gasteiger partial charge in [0.25, 0.3) is 5.91 Å². The van der Waals surface area contributed by atoms with E-state index in [0.717, 1.165) is 11.4 Å². The number of hydrogen-bond acceptors (Lipinski definition) is 5. The molecule has 8 heteroatoms. The lowest BCUT2D eigenvalue weighted by atomic mass is 10.3. The van der Waals surface area contributed by atoms with E-state index < -0.39 is 18.5 Å². The molecule has 0 bridgehead atoms. The van der Waals surface area contributed by atoms with Crippen molar-refractivity contribution in [2.24, 2.45) is 0 Å². The molecule has 0 fully saturated rings. The molecule has 3 aromatic rings. The molecular weight excluding hydrogens is 368 g/mol. The lowest BCUT2D eigenvalue weighted by Crippen LogP contribution is -2.21. The van der Waals surface area contributed by atoms with E-state index in [-0.39, 0.29) is 10.7 Å². The minimum Gasteiger partial charge on any atom is -0.452 e. The Kier molecular flexibility index (Phi) is 5.52. The van der Waals surface area contributed by atoms with Crippen molar-refractivity contribution in [1.29, 1.82) is 0 Å². The number of nitrogens with one attached hydrogen (secondary N) is 1. The van der Waals surface area contributed by atoms with E-state index >= 15 is 0 Å². The van der Waals surface area contributed by atoms with E-state index in [2.05, 4.69) is 15.4 Å². The number of amides is 1. The van der Waals surface area contributed by atoms with Gasteiger partial charge in [-0.05, 0) is 38.1 Å². The minimum absolute atomic E-state index is 0.219. The van der Waals surface area contributed by atoms with Gasteiger partial charge < -0.3 is 10.1 Å². The van der Waals surface area contributed by atoms with E-state index in [4.69, 9.17) is 16.3 Å². The molecule has 7 nitrogen and oxygen atoms in total. The molecule has 0 spiro atoms. The molecule has 2 heterocycles. The third-order valence-electron chi connectivity index (χ3n) is 3.85. The Hall–Kier alpha value is -3.19. The van der Waals surface area contributed by atoms with E-state index in [1.165, 1.54) is 18.3 Å². The Morgan fingerprint density at radius 2 is 1.89 bits per heavy atom. The van der Waals surface area contributed by atoms with Crippen LogP contribution in [0.25, 0.3) is 5.69 Å². The molecule has 0 aliphatic carbocycles. The van der Waals surface area contributed by atoms with Crippen LogP contribution in [0.2, 0.25) is 5.15 Å². The number of anilines is 1. The largest absolute Gasteiger partial charge is 0.452 e. The summed E-state index contributed by atoms with van der Waals surface area (Å²) in [6, 6.07) is 12.5. The molecule has 2 aromatic heterocycles. The van der Waals surface area contributed by atoms with Gasteiger partial charge in [0.05, 0.1) is 28.3 Å². The summed E-state index contributed by atoms with van der Waals surface area (Å²) in [6.07, 6.45) is 1.29. The van der Waals surface area contributed by atoms with Crippen molar-refractivity contribution >= 4 is 29.2 Å². The summed E-state index contributed by atoms with van der Waals surface area (Å²) in [5, 5.41) is 7.48. The van der Waals surface area contributed by atoms with Gasteiger partial charge in [-0.2, -0.15) is 5.10 Å². The maximum Gasteiger partial charge on any atom is 0.340 e. The Balaban J connectivity index is 1.65. The van der Waals surface area contributed by atoms with Crippen molar-refractivity contribution < 1.29 is 14.3 Å². The predicted molar refractivity (Wildman–Crippen MR) is 101 cm³/mol. The third-order valence-corrected chi connectivity index (χ3v) is 4.08. The Bertz CT molecular complexity index is 969. The lowest BCUT2D eigenvalue weighted by Gasteiger charge is -2.08. The molecule has 27 heavy (non-hydrogen) atoms. The second-order valence-electron chi connectivity index (χ2n) is 5.79. The van der Waals surface area contributed by atoms with E-state index in [9.17, 15) is 9.59 Å². The number of carbonyl (C=O) groups excluding carboxylic acids is 2. The highest BCUT2D eigenvalue weighted by Gasteiger charge is 2.16. The van der Waals surface area contributed by atoms with Crippen LogP contribution in [0.1, 0.15) is 21.7 Å². The van der Waals surface area contributed by atoms with Gasteiger partial charge in [0, 0.05) is 6.20 Å². The molecule has 0 aliphatic heterocycles. The van der Waals surface area contributed by atoms with E-state index in [1.807, 2.05) is 37.3 Å². The van der Waals surface area contributed by atoms with Gasteiger partial charge in [0.1, 0.15) is 5.15 Å². The van der Waals surface area contributed by atoms with Crippen LogP contribution >= 0.6 is 11.6 Å². The first-order chi connectivity index (χ1) is 13.0. The maximum atomic E-state index is 12.2. The quantitative estimate of drug-likeness (QED) is 0.538. The molecule has 138 valence electrons. The molecule has 1 aromatic carbocycles. The van der Waals surface area contributed by atoms with E-state index in [1.54, 1.807) is 11.6 Å². The zero-order chi connectivity index (χ0) is 19.4. The number of rotatable bonds is 5. The monoisotopic (exact) mass is 384 g/mol. The number of aryl methyl sites for hydroxylation is 1. The summed E-state index contributed by atoms with van der Waals surface area (Å²) >= 11 is 5.67. The number of ether oxygens (including phenoxy) is 1. The molecular formula is C19H17ClN4O3. The smallest absolute Gasteiger partial charge is 0.340 e. The fraction of sp³-hybridized carbons (Fsp3) is 0.158. The highest BCUT2D eigenvalue weighted by molar-refractivity contribution is 6.29. The summed E-state index contributed by atoms with van der Waals surface area (Å²) < 4.78 is 6.76. The summed E-state index contributed by atoms with van der Waals surface area (Å²) in [6.45, 7) is 3.23. The first-order valence-electron chi connectivity index (χ1n) is 8.16.